The summed E-state index contributed by atoms with van der Waals surface area (Å²) < 4.78 is 21.0. The van der Waals surface area contributed by atoms with E-state index in [2.05, 4.69) is 15.3 Å². The van der Waals surface area contributed by atoms with Crippen LogP contribution in [0.2, 0.25) is 0 Å². The molecule has 2 aliphatic rings. The van der Waals surface area contributed by atoms with Crippen molar-refractivity contribution in [2.45, 2.75) is 44.8 Å². The number of amides is 1. The zero-order valence-electron chi connectivity index (χ0n) is 19.3. The lowest BCUT2D eigenvalue weighted by Gasteiger charge is -2.26. The lowest BCUT2D eigenvalue weighted by molar-refractivity contribution is 0.0664. The molecule has 5 rings (SSSR count). The van der Waals surface area contributed by atoms with Crippen LogP contribution in [0.15, 0.2) is 24.5 Å². The lowest BCUT2D eigenvalue weighted by Crippen LogP contribution is -2.39. The molecule has 0 radical (unpaired) electrons. The molecular weight excluding hydrogens is 477 g/mol. The van der Waals surface area contributed by atoms with Crippen molar-refractivity contribution in [1.82, 2.24) is 9.97 Å². The largest absolute Gasteiger partial charge is 0.474 e. The first-order chi connectivity index (χ1) is 16.2. The van der Waals surface area contributed by atoms with Crippen LogP contribution in [-0.4, -0.2) is 51.1 Å². The Hall–Kier alpha value is -3.37. The van der Waals surface area contributed by atoms with E-state index < -0.39 is 23.6 Å². The Balaban J connectivity index is 0.00000289. The van der Waals surface area contributed by atoms with Crippen molar-refractivity contribution >= 4 is 46.5 Å². The highest BCUT2D eigenvalue weighted by Gasteiger charge is 2.39. The van der Waals surface area contributed by atoms with Gasteiger partial charge in [-0.25, -0.2) is 19.2 Å². The molecule has 5 N–H and O–H groups in total. The third-order valence-electron chi connectivity index (χ3n) is 6.73. The number of rotatable bonds is 3. The van der Waals surface area contributed by atoms with E-state index in [0.717, 1.165) is 5.56 Å². The zero-order valence-corrected chi connectivity index (χ0v) is 20.2. The first-order valence-electron chi connectivity index (χ1n) is 11.2. The fraction of sp³-hybridized carbons (Fsp3) is 0.375. The molecule has 186 valence electrons. The van der Waals surface area contributed by atoms with Crippen LogP contribution >= 0.6 is 12.4 Å². The maximum atomic E-state index is 15.4. The van der Waals surface area contributed by atoms with Gasteiger partial charge in [0.05, 0.1) is 11.3 Å². The molecule has 1 aromatic carbocycles. The summed E-state index contributed by atoms with van der Waals surface area (Å²) in [6.45, 7) is 4.68. The fourth-order valence-corrected chi connectivity index (χ4v) is 4.96. The van der Waals surface area contributed by atoms with Crippen molar-refractivity contribution in [3.63, 3.8) is 0 Å². The van der Waals surface area contributed by atoms with Gasteiger partial charge in [-0.3, -0.25) is 4.90 Å². The second-order valence-electron chi connectivity index (χ2n) is 9.21. The summed E-state index contributed by atoms with van der Waals surface area (Å²) in [5.74, 6) is 0.0817. The van der Waals surface area contributed by atoms with Gasteiger partial charge in [-0.2, -0.15) is 0 Å². The van der Waals surface area contributed by atoms with Crippen LogP contribution in [0.25, 0.3) is 21.9 Å². The van der Waals surface area contributed by atoms with E-state index in [1.165, 1.54) is 11.1 Å². The number of nitrogens with zero attached hydrogens (tertiary/aromatic N) is 3. The summed E-state index contributed by atoms with van der Waals surface area (Å²) in [6.07, 6.45) is 3.11. The van der Waals surface area contributed by atoms with Crippen molar-refractivity contribution in [3.8, 4) is 17.0 Å². The van der Waals surface area contributed by atoms with Crippen molar-refractivity contribution < 1.29 is 24.1 Å². The monoisotopic (exact) mass is 503 g/mol. The Labute approximate surface area is 207 Å². The van der Waals surface area contributed by atoms with Gasteiger partial charge in [-0.05, 0) is 56.2 Å². The molecule has 0 bridgehead atoms. The number of nitrogens with one attached hydrogen (secondary N) is 1. The first-order valence-corrected chi connectivity index (χ1v) is 11.2. The number of nitrogens with two attached hydrogens (primary N) is 1. The third kappa shape index (κ3) is 4.28. The van der Waals surface area contributed by atoms with Crippen molar-refractivity contribution in [2.24, 2.45) is 0 Å². The molecule has 0 saturated heterocycles. The van der Waals surface area contributed by atoms with Crippen LogP contribution in [0.4, 0.5) is 26.4 Å². The number of aliphatic hydroxyl groups is 1. The predicted octanol–water partition coefficient (Wildman–Crippen LogP) is 4.34. The highest BCUT2D eigenvalue weighted by atomic mass is 35.5. The maximum Gasteiger partial charge on any atom is 0.413 e. The molecule has 1 amide bonds. The number of halogens is 2. The molecule has 2 aromatic heterocycles. The van der Waals surface area contributed by atoms with Gasteiger partial charge >= 0.3 is 6.09 Å². The standard InChI is InChI=1S/C24H26FN5O4.ClH/c1-12-16(10-29-22-21(12)27-5-6-34-22)15-7-13-8-18(28-11-17(13)20(26)19(15)25)30(23(31)32)14-3-4-24(2,33)9-14;/h7-8,10-11,14,27,33H,3-6,9,26H2,1-2H3,(H,31,32);1H/t14-,24-;/m0./s1. The summed E-state index contributed by atoms with van der Waals surface area (Å²) in [4.78, 5) is 21.9. The normalized spacial score (nSPS) is 21.0. The number of pyridine rings is 2. The molecule has 1 saturated carbocycles. The Bertz CT molecular complexity index is 1320. The van der Waals surface area contributed by atoms with Gasteiger partial charge in [0.25, 0.3) is 0 Å². The van der Waals surface area contributed by atoms with Gasteiger partial charge in [-0.1, -0.05) is 0 Å². The molecule has 1 fully saturated rings. The van der Waals surface area contributed by atoms with Gasteiger partial charge in [0, 0.05) is 41.5 Å². The fourth-order valence-electron chi connectivity index (χ4n) is 4.96. The molecule has 1 aliphatic carbocycles. The summed E-state index contributed by atoms with van der Waals surface area (Å²) in [5.41, 5.74) is 7.45. The average Bonchev–Trinajstić information content (AvgIpc) is 3.15. The molecular formula is C24H27ClFN5O4. The van der Waals surface area contributed by atoms with Crippen LogP contribution in [0.3, 0.4) is 0 Å². The summed E-state index contributed by atoms with van der Waals surface area (Å²) in [7, 11) is 0. The molecule has 3 aromatic rings. The summed E-state index contributed by atoms with van der Waals surface area (Å²) in [5, 5.41) is 24.4. The van der Waals surface area contributed by atoms with Crippen molar-refractivity contribution in [2.75, 3.05) is 29.1 Å². The number of nitrogen functional groups attached to an aromatic ring is 1. The maximum absolute atomic E-state index is 15.4. The van der Waals surface area contributed by atoms with E-state index in [1.54, 1.807) is 25.3 Å². The number of anilines is 3. The minimum absolute atomic E-state index is 0. The first kappa shape index (κ1) is 24.7. The van der Waals surface area contributed by atoms with Gasteiger partial charge in [0.15, 0.2) is 5.82 Å². The molecule has 1 aliphatic heterocycles. The minimum Gasteiger partial charge on any atom is -0.474 e. The summed E-state index contributed by atoms with van der Waals surface area (Å²) >= 11 is 0. The molecule has 0 spiro atoms. The molecule has 35 heavy (non-hydrogen) atoms. The molecule has 3 heterocycles. The van der Waals surface area contributed by atoms with Gasteiger partial charge in [-0.15, -0.1) is 12.4 Å². The minimum atomic E-state index is -1.16. The number of aromatic nitrogens is 2. The van der Waals surface area contributed by atoms with Crippen LogP contribution in [0.1, 0.15) is 31.7 Å². The molecule has 0 unspecified atom stereocenters. The summed E-state index contributed by atoms with van der Waals surface area (Å²) in [6, 6.07) is 2.82. The second-order valence-corrected chi connectivity index (χ2v) is 9.21. The number of benzene rings is 1. The van der Waals surface area contributed by atoms with Crippen LogP contribution in [-0.2, 0) is 0 Å². The lowest BCUT2D eigenvalue weighted by atomic mass is 9.97. The Morgan fingerprint density at radius 1 is 1.31 bits per heavy atom. The zero-order chi connectivity index (χ0) is 24.2. The molecule has 9 nitrogen and oxygen atoms in total. The van der Waals surface area contributed by atoms with Crippen molar-refractivity contribution in [3.05, 3.63) is 35.9 Å². The highest BCUT2D eigenvalue weighted by Crippen LogP contribution is 2.40. The predicted molar refractivity (Wildman–Crippen MR) is 134 cm³/mol. The van der Waals surface area contributed by atoms with E-state index in [9.17, 15) is 15.0 Å². The van der Waals surface area contributed by atoms with E-state index in [0.29, 0.717) is 60.3 Å². The van der Waals surface area contributed by atoms with Crippen LogP contribution < -0.4 is 20.7 Å². The van der Waals surface area contributed by atoms with E-state index in [4.69, 9.17) is 10.5 Å². The smallest absolute Gasteiger partial charge is 0.413 e. The topological polar surface area (TPSA) is 134 Å². The Morgan fingerprint density at radius 2 is 2.09 bits per heavy atom. The highest BCUT2D eigenvalue weighted by molar-refractivity contribution is 5.99. The average molecular weight is 504 g/mol. The van der Waals surface area contributed by atoms with E-state index in [1.807, 2.05) is 6.92 Å². The van der Waals surface area contributed by atoms with Gasteiger partial charge < -0.3 is 26.0 Å². The van der Waals surface area contributed by atoms with Gasteiger partial charge in [0.1, 0.15) is 18.1 Å². The van der Waals surface area contributed by atoms with E-state index in [-0.39, 0.29) is 29.5 Å². The SMILES string of the molecule is Cc1c(-c2cc3cc(N(C(=O)O)[C@H]4CC[C@](C)(O)C4)ncc3c(N)c2F)cnc2c1NCCO2.Cl. The molecule has 11 heteroatoms. The van der Waals surface area contributed by atoms with E-state index >= 15 is 4.39 Å². The third-order valence-corrected chi connectivity index (χ3v) is 6.73. The number of carbonyl (C=O) groups is 1. The quantitative estimate of drug-likeness (QED) is 0.388. The molecule has 2 atom stereocenters. The number of ether oxygens (including phenoxy) is 1. The Morgan fingerprint density at radius 3 is 2.77 bits per heavy atom. The van der Waals surface area contributed by atoms with Crippen LogP contribution in [0.5, 0.6) is 5.88 Å². The van der Waals surface area contributed by atoms with Gasteiger partial charge in [0.2, 0.25) is 5.88 Å². The number of fused-ring (bicyclic) bond motifs is 2. The number of carboxylic acid groups (broad SMARTS) is 1. The number of hydrogen-bond acceptors (Lipinski definition) is 7. The van der Waals surface area contributed by atoms with Crippen LogP contribution in [0, 0.1) is 12.7 Å². The second kappa shape index (κ2) is 9.01. The Kier molecular flexibility index (Phi) is 6.37. The number of hydrogen-bond donors (Lipinski definition) is 4. The van der Waals surface area contributed by atoms with Crippen molar-refractivity contribution in [1.29, 1.82) is 0 Å².